The Hall–Kier alpha value is -3.35. The van der Waals surface area contributed by atoms with Gasteiger partial charge in [-0.15, -0.1) is 0 Å². The zero-order valence-corrected chi connectivity index (χ0v) is 15.1. The van der Waals surface area contributed by atoms with Crippen molar-refractivity contribution in [3.05, 3.63) is 53.6 Å². The highest BCUT2D eigenvalue weighted by Gasteiger charge is 2.56. The van der Waals surface area contributed by atoms with Gasteiger partial charge in [0.1, 0.15) is 23.1 Å². The molecule has 0 radical (unpaired) electrons. The predicted octanol–water partition coefficient (Wildman–Crippen LogP) is 2.30. The summed E-state index contributed by atoms with van der Waals surface area (Å²) in [6.07, 6.45) is -0.968. The largest absolute Gasteiger partial charge is 0.497 e. The third-order valence-corrected chi connectivity index (χ3v) is 4.79. The number of amides is 2. The first kappa shape index (κ1) is 17.1. The van der Waals surface area contributed by atoms with Crippen molar-refractivity contribution in [2.24, 2.45) is 11.1 Å². The minimum Gasteiger partial charge on any atom is -0.497 e. The maximum absolute atomic E-state index is 13.1. The Morgan fingerprint density at radius 2 is 1.74 bits per heavy atom. The van der Waals surface area contributed by atoms with Gasteiger partial charge in [-0.1, -0.05) is 22.9 Å². The van der Waals surface area contributed by atoms with Crippen LogP contribution in [0.3, 0.4) is 0 Å². The normalized spacial score (nSPS) is 21.0. The molecule has 0 unspecified atom stereocenters. The lowest BCUT2D eigenvalue weighted by molar-refractivity contribution is -0.126. The number of carbonyl (C=O) groups excluding carboxylic acids is 2. The molecule has 2 amide bonds. The highest BCUT2D eigenvalue weighted by atomic mass is 16.7. The summed E-state index contributed by atoms with van der Waals surface area (Å²) >= 11 is 0. The molecule has 138 valence electrons. The molecule has 0 spiro atoms. The van der Waals surface area contributed by atoms with Crippen LogP contribution < -0.4 is 14.4 Å². The van der Waals surface area contributed by atoms with Gasteiger partial charge in [0.2, 0.25) is 12.0 Å². The van der Waals surface area contributed by atoms with Crippen LogP contribution in [0, 0.1) is 12.8 Å². The highest BCUT2D eigenvalue weighted by molar-refractivity contribution is 6.32. The monoisotopic (exact) mass is 366 g/mol. The number of anilines is 1. The minimum absolute atomic E-state index is 0.365. The van der Waals surface area contributed by atoms with Crippen molar-refractivity contribution in [2.75, 3.05) is 19.1 Å². The van der Waals surface area contributed by atoms with E-state index >= 15 is 0 Å². The van der Waals surface area contributed by atoms with Crippen molar-refractivity contribution < 1.29 is 23.9 Å². The van der Waals surface area contributed by atoms with Gasteiger partial charge in [0.15, 0.2) is 0 Å². The molecule has 0 aromatic heterocycles. The maximum atomic E-state index is 13.1. The number of imide groups is 1. The van der Waals surface area contributed by atoms with Crippen LogP contribution in [-0.2, 0) is 14.4 Å². The fourth-order valence-corrected chi connectivity index (χ4v) is 3.36. The van der Waals surface area contributed by atoms with Crippen molar-refractivity contribution in [3.63, 3.8) is 0 Å². The Labute approximate surface area is 156 Å². The first-order valence-electron chi connectivity index (χ1n) is 8.45. The molecule has 7 heteroatoms. The van der Waals surface area contributed by atoms with E-state index in [0.29, 0.717) is 28.5 Å². The van der Waals surface area contributed by atoms with E-state index in [1.165, 1.54) is 7.11 Å². The number of fused-ring (bicyclic) bond motifs is 1. The molecule has 0 bridgehead atoms. The Kier molecular flexibility index (Phi) is 4.07. The zero-order valence-electron chi connectivity index (χ0n) is 15.1. The van der Waals surface area contributed by atoms with Gasteiger partial charge in [-0.2, -0.15) is 0 Å². The number of rotatable bonds is 4. The van der Waals surface area contributed by atoms with Crippen molar-refractivity contribution in [2.45, 2.75) is 13.0 Å². The summed E-state index contributed by atoms with van der Waals surface area (Å²) in [7, 11) is 3.07. The Balaban J connectivity index is 1.73. The summed E-state index contributed by atoms with van der Waals surface area (Å²) in [6, 6.07) is 12.4. The van der Waals surface area contributed by atoms with E-state index in [4.69, 9.17) is 14.3 Å². The fourth-order valence-electron chi connectivity index (χ4n) is 3.36. The van der Waals surface area contributed by atoms with E-state index in [0.717, 1.165) is 10.5 Å². The molecular weight excluding hydrogens is 348 g/mol. The summed E-state index contributed by atoms with van der Waals surface area (Å²) in [5.41, 5.74) is 2.49. The van der Waals surface area contributed by atoms with Crippen LogP contribution in [-0.4, -0.2) is 37.8 Å². The molecule has 2 aromatic rings. The lowest BCUT2D eigenvalue weighted by atomic mass is 9.93. The van der Waals surface area contributed by atoms with Gasteiger partial charge in [-0.3, -0.25) is 9.59 Å². The quantitative estimate of drug-likeness (QED) is 0.776. The van der Waals surface area contributed by atoms with E-state index < -0.39 is 17.9 Å². The topological polar surface area (TPSA) is 77.4 Å². The van der Waals surface area contributed by atoms with Crippen LogP contribution in [0.4, 0.5) is 5.69 Å². The van der Waals surface area contributed by atoms with Crippen molar-refractivity contribution in [1.29, 1.82) is 0 Å². The number of nitrogens with zero attached hydrogens (tertiary/aromatic N) is 2. The summed E-state index contributed by atoms with van der Waals surface area (Å²) in [5, 5.41) is 4.03. The second-order valence-electron chi connectivity index (χ2n) is 6.39. The number of aryl methyl sites for hydroxylation is 1. The number of hydrogen-bond donors (Lipinski definition) is 0. The lowest BCUT2D eigenvalue weighted by Crippen LogP contribution is -2.33. The first-order chi connectivity index (χ1) is 13.0. The van der Waals surface area contributed by atoms with E-state index in [1.54, 1.807) is 37.4 Å². The third-order valence-electron chi connectivity index (χ3n) is 4.79. The summed E-state index contributed by atoms with van der Waals surface area (Å²) in [5.74, 6) is -0.499. The smallest absolute Gasteiger partial charge is 0.278 e. The minimum atomic E-state index is -0.968. The first-order valence-corrected chi connectivity index (χ1v) is 8.45. The van der Waals surface area contributed by atoms with E-state index in [9.17, 15) is 9.59 Å². The molecule has 2 heterocycles. The number of oxime groups is 1. The molecule has 7 nitrogen and oxygen atoms in total. The second kappa shape index (κ2) is 6.42. The molecule has 2 aromatic carbocycles. The number of hydrogen-bond acceptors (Lipinski definition) is 6. The van der Waals surface area contributed by atoms with Gasteiger partial charge in [0, 0.05) is 5.56 Å². The third kappa shape index (κ3) is 2.63. The molecule has 4 rings (SSSR count). The van der Waals surface area contributed by atoms with Crippen LogP contribution in [0.15, 0.2) is 47.6 Å². The maximum Gasteiger partial charge on any atom is 0.278 e. The van der Waals surface area contributed by atoms with Gasteiger partial charge >= 0.3 is 0 Å². The van der Waals surface area contributed by atoms with Gasteiger partial charge in [-0.05, 0) is 37.3 Å². The van der Waals surface area contributed by atoms with Crippen LogP contribution in [0.25, 0.3) is 0 Å². The van der Waals surface area contributed by atoms with E-state index in [1.807, 2.05) is 19.1 Å². The highest BCUT2D eigenvalue weighted by Crippen LogP contribution is 2.38. The van der Waals surface area contributed by atoms with Crippen molar-refractivity contribution >= 4 is 23.2 Å². The van der Waals surface area contributed by atoms with Gasteiger partial charge < -0.3 is 14.3 Å². The van der Waals surface area contributed by atoms with Crippen molar-refractivity contribution in [1.82, 2.24) is 0 Å². The number of methoxy groups -OCH3 is 2. The Morgan fingerprint density at radius 3 is 2.41 bits per heavy atom. The fraction of sp³-hybridized carbons (Fsp3) is 0.250. The molecule has 1 saturated heterocycles. The lowest BCUT2D eigenvalue weighted by Gasteiger charge is -2.16. The Morgan fingerprint density at radius 1 is 1.00 bits per heavy atom. The second-order valence-corrected chi connectivity index (χ2v) is 6.39. The molecule has 1 fully saturated rings. The van der Waals surface area contributed by atoms with E-state index in [-0.39, 0.29) is 5.91 Å². The van der Waals surface area contributed by atoms with Gasteiger partial charge in [0.05, 0.1) is 19.9 Å². The summed E-state index contributed by atoms with van der Waals surface area (Å²) in [6.45, 7) is 1.94. The summed E-state index contributed by atoms with van der Waals surface area (Å²) in [4.78, 5) is 32.4. The Bertz CT molecular complexity index is 951. The average molecular weight is 366 g/mol. The van der Waals surface area contributed by atoms with Crippen LogP contribution in [0.5, 0.6) is 11.5 Å². The SMILES string of the molecule is COc1ccc(OC)c(C2=NO[C@@H]3C(=O)N(c4ccc(C)cc4)C(=O)[C@H]23)c1. The zero-order chi connectivity index (χ0) is 19.1. The standard InChI is InChI=1S/C20H18N2O5/c1-11-4-6-12(7-5-11)22-19(23)16-17(21-27-18(16)20(22)24)14-10-13(25-2)8-9-15(14)26-3/h4-10,16,18H,1-3H3/t16-,18+/m1/s1. The molecule has 0 aliphatic carbocycles. The molecule has 0 saturated carbocycles. The van der Waals surface area contributed by atoms with Gasteiger partial charge in [0.25, 0.3) is 5.91 Å². The van der Waals surface area contributed by atoms with Crippen molar-refractivity contribution in [3.8, 4) is 11.5 Å². The molecule has 2 aliphatic heterocycles. The molecule has 0 N–H and O–H groups in total. The molecule has 27 heavy (non-hydrogen) atoms. The number of ether oxygens (including phenoxy) is 2. The van der Waals surface area contributed by atoms with Crippen LogP contribution in [0.2, 0.25) is 0 Å². The summed E-state index contributed by atoms with van der Waals surface area (Å²) < 4.78 is 10.7. The van der Waals surface area contributed by atoms with Crippen LogP contribution >= 0.6 is 0 Å². The number of benzene rings is 2. The molecule has 2 atom stereocenters. The van der Waals surface area contributed by atoms with E-state index in [2.05, 4.69) is 5.16 Å². The van der Waals surface area contributed by atoms with Crippen LogP contribution in [0.1, 0.15) is 11.1 Å². The van der Waals surface area contributed by atoms with Gasteiger partial charge in [-0.25, -0.2) is 4.90 Å². The molecular formula is C20H18N2O5. The average Bonchev–Trinajstić information content (AvgIpc) is 3.22. The molecule has 2 aliphatic rings. The number of carbonyl (C=O) groups is 2. The predicted molar refractivity (Wildman–Crippen MR) is 98.1 cm³/mol.